The number of thioether (sulfide) groups is 2. The van der Waals surface area contributed by atoms with E-state index in [2.05, 4.69) is 25.7 Å². The fourth-order valence-electron chi connectivity index (χ4n) is 3.09. The fraction of sp³-hybridized carbons (Fsp3) is 0.312. The van der Waals surface area contributed by atoms with Gasteiger partial charge in [0.15, 0.2) is 10.8 Å². The monoisotopic (exact) mass is 519 g/mol. The molecule has 0 radical (unpaired) electrons. The van der Waals surface area contributed by atoms with E-state index in [9.17, 15) is 24.7 Å². The van der Waals surface area contributed by atoms with E-state index in [1.807, 2.05) is 0 Å². The Hall–Kier alpha value is -2.11. The van der Waals surface area contributed by atoms with Crippen LogP contribution in [0, 0.1) is 6.92 Å². The Morgan fingerprint density at radius 1 is 1.48 bits per heavy atom. The maximum atomic E-state index is 12.7. The summed E-state index contributed by atoms with van der Waals surface area (Å²) in [6, 6.07) is -1.01. The van der Waals surface area contributed by atoms with E-state index in [-0.39, 0.29) is 62.8 Å². The van der Waals surface area contributed by atoms with Gasteiger partial charge < -0.3 is 30.6 Å². The Morgan fingerprint density at radius 3 is 2.82 bits per heavy atom. The summed E-state index contributed by atoms with van der Waals surface area (Å²) in [4.78, 5) is 42.0. The topological polar surface area (TPSA) is 200 Å². The Balaban J connectivity index is 0.00000306. The summed E-state index contributed by atoms with van der Waals surface area (Å²) < 4.78 is 5.26. The molecule has 2 aromatic rings. The van der Waals surface area contributed by atoms with Gasteiger partial charge in [-0.15, -0.1) is 33.3 Å². The third kappa shape index (κ3) is 5.04. The number of aryl methyl sites for hydroxylation is 1. The van der Waals surface area contributed by atoms with Crippen molar-refractivity contribution in [3.05, 3.63) is 28.2 Å². The number of carboxylic acids is 1. The van der Waals surface area contributed by atoms with Crippen LogP contribution in [0.1, 0.15) is 11.6 Å². The van der Waals surface area contributed by atoms with Crippen LogP contribution in [0.5, 0.6) is 0 Å². The number of β-lactam (4-membered cyclic amide) rings is 1. The van der Waals surface area contributed by atoms with Crippen molar-refractivity contribution in [3.8, 4) is 0 Å². The number of oxime groups is 1. The second-order valence-corrected chi connectivity index (χ2v) is 9.42. The molecule has 2 atom stereocenters. The van der Waals surface area contributed by atoms with Crippen molar-refractivity contribution < 1.29 is 58.7 Å². The second-order valence-electron chi connectivity index (χ2n) is 6.50. The number of nitrogens with zero attached hydrogens (tertiary/aromatic N) is 5. The Bertz CT molecular complexity index is 1170. The number of nitrogen functional groups attached to an aromatic ring is 1. The molecule has 17 heteroatoms. The SMILES string of the molecule is Cc1nnc(SCC2=C(C(=O)[O-])N3C(=O)C(NC(=O)C(=NO)c4csc(N)n4)[C@H]3SC2)o1.[Na+]. The average Bonchev–Trinajstić information content (AvgIpc) is 3.38. The zero-order valence-corrected chi connectivity index (χ0v) is 21.6. The smallest absolute Gasteiger partial charge is 0.543 e. The summed E-state index contributed by atoms with van der Waals surface area (Å²) in [5.74, 6) is -2.10. The van der Waals surface area contributed by atoms with Gasteiger partial charge >= 0.3 is 29.6 Å². The first-order valence-corrected chi connectivity index (χ1v) is 11.8. The van der Waals surface area contributed by atoms with Crippen molar-refractivity contribution in [2.75, 3.05) is 17.2 Å². The molecule has 4 N–H and O–H groups in total. The zero-order chi connectivity index (χ0) is 23.0. The number of carbonyl (C=O) groups is 3. The van der Waals surface area contributed by atoms with Crippen LogP contribution in [0.3, 0.4) is 0 Å². The summed E-state index contributed by atoms with van der Waals surface area (Å²) in [6.45, 7) is 1.63. The molecule has 0 aromatic carbocycles. The molecule has 168 valence electrons. The molecule has 13 nitrogen and oxygen atoms in total. The molecule has 2 aromatic heterocycles. The molecule has 1 unspecified atom stereocenters. The van der Waals surface area contributed by atoms with Crippen molar-refractivity contribution in [3.63, 3.8) is 0 Å². The van der Waals surface area contributed by atoms with E-state index >= 15 is 0 Å². The predicted molar refractivity (Wildman–Crippen MR) is 112 cm³/mol. The number of anilines is 1. The van der Waals surface area contributed by atoms with Crippen LogP contribution in [0.15, 0.2) is 31.4 Å². The average molecular weight is 520 g/mol. The molecular weight excluding hydrogens is 505 g/mol. The maximum Gasteiger partial charge on any atom is 1.00 e. The van der Waals surface area contributed by atoms with Gasteiger partial charge in [-0.1, -0.05) is 16.9 Å². The molecule has 1 saturated heterocycles. The molecule has 0 spiro atoms. The Labute approximate surface area is 220 Å². The van der Waals surface area contributed by atoms with Gasteiger partial charge in [0.2, 0.25) is 5.89 Å². The number of thiazole rings is 1. The number of nitrogens with one attached hydrogen (secondary N) is 1. The number of fused-ring (bicyclic) bond motifs is 1. The minimum absolute atomic E-state index is 0. The van der Waals surface area contributed by atoms with Crippen molar-refractivity contribution in [2.24, 2.45) is 5.16 Å². The Kier molecular flexibility index (Phi) is 8.07. The van der Waals surface area contributed by atoms with Crippen LogP contribution in [0.25, 0.3) is 0 Å². The molecule has 2 aliphatic rings. The number of hydrogen-bond donors (Lipinski definition) is 3. The van der Waals surface area contributed by atoms with Gasteiger partial charge in [0.25, 0.3) is 17.0 Å². The summed E-state index contributed by atoms with van der Waals surface area (Å²) in [7, 11) is 0. The number of aliphatic carboxylic acids is 1. The van der Waals surface area contributed by atoms with Crippen LogP contribution in [-0.2, 0) is 14.4 Å². The molecule has 4 rings (SSSR count). The summed E-state index contributed by atoms with van der Waals surface area (Å²) in [5, 5.41) is 35.2. The summed E-state index contributed by atoms with van der Waals surface area (Å²) in [5.41, 5.74) is 5.40. The number of amides is 2. The zero-order valence-electron chi connectivity index (χ0n) is 17.2. The van der Waals surface area contributed by atoms with Crippen molar-refractivity contribution in [1.82, 2.24) is 25.4 Å². The van der Waals surface area contributed by atoms with Crippen molar-refractivity contribution >= 4 is 63.5 Å². The molecular formula is C16H14N7NaO6S3. The van der Waals surface area contributed by atoms with Crippen LogP contribution < -0.4 is 45.7 Å². The number of hydrogen-bond acceptors (Lipinski definition) is 14. The van der Waals surface area contributed by atoms with E-state index in [0.29, 0.717) is 11.5 Å². The van der Waals surface area contributed by atoms with Crippen molar-refractivity contribution in [1.29, 1.82) is 0 Å². The minimum atomic E-state index is -1.50. The molecule has 33 heavy (non-hydrogen) atoms. The molecule has 0 bridgehead atoms. The third-order valence-corrected chi connectivity index (χ3v) is 7.40. The van der Waals surface area contributed by atoms with Crippen LogP contribution >= 0.6 is 34.9 Å². The standard InChI is InChI=1S/C16H15N7O6S3.Na/c1-5-20-21-16(29-5)32-3-6-2-30-13-9(12(25)23(13)10(6)14(26)27)19-11(24)8(22-28)7-4-31-15(17)18-7;/h4,9,13,28H,2-3H2,1H3,(H2,17,18)(H,19,24)(H,26,27);/q;+1/p-1/t9?,13-;/m1./s1. The first-order valence-electron chi connectivity index (χ1n) is 8.85. The largest absolute Gasteiger partial charge is 1.00 e. The van der Waals surface area contributed by atoms with Crippen LogP contribution in [-0.4, -0.2) is 71.7 Å². The molecule has 0 saturated carbocycles. The van der Waals surface area contributed by atoms with Gasteiger partial charge in [-0.05, 0) is 5.57 Å². The van der Waals surface area contributed by atoms with E-state index in [1.165, 1.54) is 17.1 Å². The molecule has 4 heterocycles. The number of nitrogens with two attached hydrogens (primary N) is 1. The number of carbonyl (C=O) groups excluding carboxylic acids is 3. The molecule has 2 amide bonds. The van der Waals surface area contributed by atoms with E-state index in [1.54, 1.807) is 6.92 Å². The normalized spacial score (nSPS) is 20.1. The van der Waals surface area contributed by atoms with Gasteiger partial charge in [0.1, 0.15) is 17.1 Å². The number of aromatic nitrogens is 3. The quantitative estimate of drug-likeness (QED) is 0.0797. The van der Waals surface area contributed by atoms with Gasteiger partial charge in [-0.3, -0.25) is 14.5 Å². The minimum Gasteiger partial charge on any atom is -0.543 e. The van der Waals surface area contributed by atoms with Gasteiger partial charge in [0, 0.05) is 23.8 Å². The first kappa shape index (κ1) is 25.5. The maximum absolute atomic E-state index is 12.7. The van der Waals surface area contributed by atoms with Crippen LogP contribution in [0.2, 0.25) is 0 Å². The molecule has 0 aliphatic carbocycles. The number of carboxylic acid groups (broad SMARTS) is 1. The van der Waals surface area contributed by atoms with Gasteiger partial charge in [-0.25, -0.2) is 4.98 Å². The van der Waals surface area contributed by atoms with E-state index < -0.39 is 34.9 Å². The third-order valence-electron chi connectivity index (χ3n) is 4.48. The first-order chi connectivity index (χ1) is 15.3. The van der Waals surface area contributed by atoms with E-state index in [0.717, 1.165) is 28.0 Å². The Morgan fingerprint density at radius 2 is 2.24 bits per heavy atom. The number of rotatable bonds is 7. The predicted octanol–water partition coefficient (Wildman–Crippen LogP) is -4.20. The summed E-state index contributed by atoms with van der Waals surface area (Å²) >= 11 is 3.48. The fourth-order valence-corrected chi connectivity index (χ4v) is 5.92. The van der Waals surface area contributed by atoms with Gasteiger partial charge in [0.05, 0.1) is 11.7 Å². The van der Waals surface area contributed by atoms with E-state index in [4.69, 9.17) is 10.2 Å². The summed E-state index contributed by atoms with van der Waals surface area (Å²) in [6.07, 6.45) is 0. The molecule has 1 fully saturated rings. The van der Waals surface area contributed by atoms with Gasteiger partial charge in [-0.2, -0.15) is 0 Å². The molecule has 2 aliphatic heterocycles. The second kappa shape index (κ2) is 10.4. The van der Waals surface area contributed by atoms with Crippen molar-refractivity contribution in [2.45, 2.75) is 23.6 Å². The van der Waals surface area contributed by atoms with Crippen LogP contribution in [0.4, 0.5) is 5.13 Å².